The number of carbonyl (C=O) groups is 1. The van der Waals surface area contributed by atoms with Crippen LogP contribution >= 0.6 is 11.6 Å². The average molecular weight is 279 g/mol. The zero-order valence-electron chi connectivity index (χ0n) is 9.46. The number of amides is 1. The van der Waals surface area contributed by atoms with Crippen molar-refractivity contribution >= 4 is 28.9 Å². The van der Waals surface area contributed by atoms with Crippen molar-refractivity contribution in [1.82, 2.24) is 0 Å². The first-order chi connectivity index (χ1) is 8.49. The van der Waals surface area contributed by atoms with Crippen LogP contribution in [0.5, 0.6) is 0 Å². The summed E-state index contributed by atoms with van der Waals surface area (Å²) in [5, 5.41) is 2.87. The highest BCUT2D eigenvalue weighted by Gasteiger charge is 2.07. The predicted octanol–water partition coefficient (Wildman–Crippen LogP) is 2.53. The number of nitrogens with two attached hydrogens (primary N) is 1. The van der Waals surface area contributed by atoms with Crippen LogP contribution in [0.2, 0.25) is 5.02 Å². The van der Waals surface area contributed by atoms with Gasteiger partial charge in [0.05, 0.1) is 23.7 Å². The largest absolute Gasteiger partial charge is 0.399 e. The van der Waals surface area contributed by atoms with Crippen LogP contribution in [0, 0.1) is 0 Å². The Morgan fingerprint density at radius 2 is 2.22 bits per heavy atom. The molecular weight excluding hydrogens is 266 g/mol. The van der Waals surface area contributed by atoms with Gasteiger partial charge in [0, 0.05) is 5.69 Å². The molecule has 1 aromatic rings. The zero-order valence-corrected chi connectivity index (χ0v) is 10.2. The number of anilines is 2. The molecule has 0 spiro atoms. The van der Waals surface area contributed by atoms with Crippen LogP contribution in [-0.2, 0) is 9.53 Å². The summed E-state index contributed by atoms with van der Waals surface area (Å²) in [5.74, 6) is -0.378. The second-order valence-electron chi connectivity index (χ2n) is 3.50. The zero-order chi connectivity index (χ0) is 13.5. The number of halogens is 3. The third-order valence-electron chi connectivity index (χ3n) is 1.98. The first-order valence-electron chi connectivity index (χ1n) is 5.20. The lowest BCUT2D eigenvalue weighted by atomic mass is 10.2. The first kappa shape index (κ1) is 14.7. The van der Waals surface area contributed by atoms with Gasteiger partial charge in [-0.05, 0) is 18.2 Å². The molecule has 0 saturated carbocycles. The van der Waals surface area contributed by atoms with Gasteiger partial charge in [0.25, 0.3) is 6.43 Å². The number of nitrogens with one attached hydrogen (secondary N) is 1. The van der Waals surface area contributed by atoms with Crippen LogP contribution < -0.4 is 11.1 Å². The SMILES string of the molecule is Nc1ccc(Cl)c(NC(=O)CCOCC(F)F)c1. The molecule has 0 unspecified atom stereocenters. The summed E-state index contributed by atoms with van der Waals surface area (Å²) < 4.78 is 28.1. The molecular formula is C11H13ClF2N2O2. The van der Waals surface area contributed by atoms with Gasteiger partial charge in [0.15, 0.2) is 0 Å². The Hall–Kier alpha value is -1.40. The van der Waals surface area contributed by atoms with Crippen molar-refractivity contribution < 1.29 is 18.3 Å². The maximum Gasteiger partial charge on any atom is 0.261 e. The average Bonchev–Trinajstić information content (AvgIpc) is 2.29. The number of nitrogen functional groups attached to an aromatic ring is 1. The van der Waals surface area contributed by atoms with Crippen LogP contribution in [0.15, 0.2) is 18.2 Å². The molecule has 7 heteroatoms. The van der Waals surface area contributed by atoms with Gasteiger partial charge in [-0.25, -0.2) is 8.78 Å². The Kier molecular flexibility index (Phi) is 5.80. The number of rotatable bonds is 6. The summed E-state index contributed by atoms with van der Waals surface area (Å²) in [6.07, 6.45) is -2.56. The number of carbonyl (C=O) groups excluding carboxylic acids is 1. The van der Waals surface area contributed by atoms with E-state index < -0.39 is 13.0 Å². The van der Waals surface area contributed by atoms with E-state index in [1.54, 1.807) is 12.1 Å². The summed E-state index contributed by atoms with van der Waals surface area (Å²) in [4.78, 5) is 11.4. The molecule has 0 bridgehead atoms. The summed E-state index contributed by atoms with van der Waals surface area (Å²) in [6.45, 7) is -0.748. The fourth-order valence-corrected chi connectivity index (χ4v) is 1.35. The molecule has 100 valence electrons. The molecule has 4 nitrogen and oxygen atoms in total. The van der Waals surface area contributed by atoms with Crippen molar-refractivity contribution in [2.24, 2.45) is 0 Å². The summed E-state index contributed by atoms with van der Waals surface area (Å²) in [7, 11) is 0. The van der Waals surface area contributed by atoms with E-state index in [2.05, 4.69) is 10.1 Å². The smallest absolute Gasteiger partial charge is 0.261 e. The Balaban J connectivity index is 2.38. The molecule has 0 aromatic heterocycles. The summed E-state index contributed by atoms with van der Waals surface area (Å²) >= 11 is 5.84. The monoisotopic (exact) mass is 278 g/mol. The molecule has 1 rings (SSSR count). The van der Waals surface area contributed by atoms with E-state index in [0.717, 1.165) is 0 Å². The standard InChI is InChI=1S/C11H13ClF2N2O2/c12-8-2-1-7(15)5-9(8)16-11(17)3-4-18-6-10(13)14/h1-2,5,10H,3-4,6,15H2,(H,16,17). The topological polar surface area (TPSA) is 64.3 Å². The van der Waals surface area contributed by atoms with Gasteiger partial charge in [0.1, 0.15) is 6.61 Å². The van der Waals surface area contributed by atoms with Gasteiger partial charge >= 0.3 is 0 Å². The maximum absolute atomic E-state index is 11.7. The van der Waals surface area contributed by atoms with Crippen molar-refractivity contribution in [3.05, 3.63) is 23.2 Å². The molecule has 0 atom stereocenters. The molecule has 1 amide bonds. The van der Waals surface area contributed by atoms with Crippen LogP contribution in [0.25, 0.3) is 0 Å². The molecule has 0 aliphatic rings. The van der Waals surface area contributed by atoms with E-state index >= 15 is 0 Å². The van der Waals surface area contributed by atoms with Crippen LogP contribution in [0.3, 0.4) is 0 Å². The minimum absolute atomic E-state index is 0.0299. The summed E-state index contributed by atoms with van der Waals surface area (Å²) in [6, 6.07) is 4.67. The van der Waals surface area contributed by atoms with E-state index in [1.807, 2.05) is 0 Å². The van der Waals surface area contributed by atoms with Crippen molar-refractivity contribution in [1.29, 1.82) is 0 Å². The highest BCUT2D eigenvalue weighted by molar-refractivity contribution is 6.33. The van der Waals surface area contributed by atoms with E-state index in [0.29, 0.717) is 16.4 Å². The van der Waals surface area contributed by atoms with Gasteiger partial charge in [-0.1, -0.05) is 11.6 Å². The van der Waals surface area contributed by atoms with Gasteiger partial charge in [0.2, 0.25) is 5.91 Å². The molecule has 0 aliphatic carbocycles. The van der Waals surface area contributed by atoms with E-state index in [4.69, 9.17) is 17.3 Å². The normalized spacial score (nSPS) is 10.7. The molecule has 0 fully saturated rings. The number of alkyl halides is 2. The van der Waals surface area contributed by atoms with Gasteiger partial charge in [-0.3, -0.25) is 4.79 Å². The van der Waals surface area contributed by atoms with E-state index in [-0.39, 0.29) is 18.9 Å². The third kappa shape index (κ3) is 5.29. The molecule has 18 heavy (non-hydrogen) atoms. The van der Waals surface area contributed by atoms with Crippen LogP contribution in [0.4, 0.5) is 20.2 Å². The lowest BCUT2D eigenvalue weighted by Crippen LogP contribution is -2.16. The Bertz CT molecular complexity index is 416. The highest BCUT2D eigenvalue weighted by atomic mass is 35.5. The molecule has 1 aromatic carbocycles. The first-order valence-corrected chi connectivity index (χ1v) is 5.57. The molecule has 0 radical (unpaired) electrons. The van der Waals surface area contributed by atoms with E-state index in [9.17, 15) is 13.6 Å². The highest BCUT2D eigenvalue weighted by Crippen LogP contribution is 2.24. The third-order valence-corrected chi connectivity index (χ3v) is 2.31. The van der Waals surface area contributed by atoms with Crippen molar-refractivity contribution in [3.63, 3.8) is 0 Å². The van der Waals surface area contributed by atoms with Crippen molar-refractivity contribution in [3.8, 4) is 0 Å². The van der Waals surface area contributed by atoms with Gasteiger partial charge < -0.3 is 15.8 Å². The maximum atomic E-state index is 11.7. The second-order valence-corrected chi connectivity index (χ2v) is 3.91. The van der Waals surface area contributed by atoms with E-state index in [1.165, 1.54) is 6.07 Å². The van der Waals surface area contributed by atoms with Crippen LogP contribution in [0.1, 0.15) is 6.42 Å². The molecule has 0 aliphatic heterocycles. The number of benzene rings is 1. The predicted molar refractivity (Wildman–Crippen MR) is 65.9 cm³/mol. The Labute approximate surface area is 108 Å². The lowest BCUT2D eigenvalue weighted by molar-refractivity contribution is -0.117. The number of hydrogen-bond donors (Lipinski definition) is 2. The van der Waals surface area contributed by atoms with Crippen molar-refractivity contribution in [2.75, 3.05) is 24.3 Å². The minimum atomic E-state index is -2.53. The van der Waals surface area contributed by atoms with Crippen LogP contribution in [-0.4, -0.2) is 25.5 Å². The van der Waals surface area contributed by atoms with Gasteiger partial charge in [-0.2, -0.15) is 0 Å². The molecule has 3 N–H and O–H groups in total. The minimum Gasteiger partial charge on any atom is -0.399 e. The lowest BCUT2D eigenvalue weighted by Gasteiger charge is -2.08. The Morgan fingerprint density at radius 1 is 1.50 bits per heavy atom. The van der Waals surface area contributed by atoms with Gasteiger partial charge in [-0.15, -0.1) is 0 Å². The van der Waals surface area contributed by atoms with Crippen molar-refractivity contribution in [2.45, 2.75) is 12.8 Å². The fraction of sp³-hybridized carbons (Fsp3) is 0.364. The molecule has 0 heterocycles. The quantitative estimate of drug-likeness (QED) is 0.621. The Morgan fingerprint density at radius 3 is 2.89 bits per heavy atom. The second kappa shape index (κ2) is 7.13. The number of hydrogen-bond acceptors (Lipinski definition) is 3. The fourth-order valence-electron chi connectivity index (χ4n) is 1.19. The summed E-state index contributed by atoms with van der Waals surface area (Å²) in [5.41, 5.74) is 6.39. The molecule has 0 saturated heterocycles. The number of ether oxygens (including phenoxy) is 1.